The molecule has 7 heteroatoms. The summed E-state index contributed by atoms with van der Waals surface area (Å²) in [6.45, 7) is 4.83. The van der Waals surface area contributed by atoms with Crippen molar-refractivity contribution in [3.05, 3.63) is 60.0 Å². The number of aryl methyl sites for hydroxylation is 1. The van der Waals surface area contributed by atoms with Gasteiger partial charge in [0.15, 0.2) is 9.84 Å². The third-order valence-electron chi connectivity index (χ3n) is 6.13. The van der Waals surface area contributed by atoms with Gasteiger partial charge in [0.05, 0.1) is 17.2 Å². The molecule has 1 aliphatic rings. The van der Waals surface area contributed by atoms with Gasteiger partial charge in [-0.25, -0.2) is 13.4 Å². The summed E-state index contributed by atoms with van der Waals surface area (Å²) < 4.78 is 34.6. The molecule has 1 fully saturated rings. The predicted molar refractivity (Wildman–Crippen MR) is 125 cm³/mol. The Hall–Kier alpha value is -2.48. The Bertz CT molecular complexity index is 1150. The minimum atomic E-state index is -3.19. The number of rotatable bonds is 8. The Morgan fingerprint density at radius 3 is 2.31 bits per heavy atom. The van der Waals surface area contributed by atoms with Crippen molar-refractivity contribution in [3.63, 3.8) is 0 Å². The maximum absolute atomic E-state index is 11.7. The van der Waals surface area contributed by atoms with Crippen LogP contribution in [0.25, 0.3) is 22.6 Å². The second-order valence-electron chi connectivity index (χ2n) is 8.43. The first-order chi connectivity index (χ1) is 15.3. The molecule has 4 rings (SSSR count). The van der Waals surface area contributed by atoms with Crippen LogP contribution in [0.15, 0.2) is 57.8 Å². The van der Waals surface area contributed by atoms with Crippen molar-refractivity contribution in [2.24, 2.45) is 0 Å². The monoisotopic (exact) mass is 454 g/mol. The topological polar surface area (TPSA) is 72.6 Å². The van der Waals surface area contributed by atoms with Gasteiger partial charge in [0.2, 0.25) is 5.89 Å². The number of aromatic nitrogens is 1. The Morgan fingerprint density at radius 1 is 1.06 bits per heavy atom. The number of hydrogen-bond acceptors (Lipinski definition) is 6. The summed E-state index contributed by atoms with van der Waals surface area (Å²) in [5.41, 5.74) is 3.90. The van der Waals surface area contributed by atoms with Gasteiger partial charge in [0, 0.05) is 37.9 Å². The van der Waals surface area contributed by atoms with Gasteiger partial charge in [-0.05, 0) is 61.7 Å². The van der Waals surface area contributed by atoms with E-state index in [1.54, 1.807) is 19.2 Å². The van der Waals surface area contributed by atoms with E-state index in [1.165, 1.54) is 19.1 Å². The van der Waals surface area contributed by atoms with E-state index in [4.69, 9.17) is 14.1 Å². The van der Waals surface area contributed by atoms with Crippen LogP contribution in [-0.2, 0) is 21.0 Å². The highest BCUT2D eigenvalue weighted by Crippen LogP contribution is 2.27. The molecule has 0 saturated carbocycles. The van der Waals surface area contributed by atoms with Crippen LogP contribution in [0, 0.1) is 6.92 Å². The lowest BCUT2D eigenvalue weighted by molar-refractivity contribution is 0.116. The Morgan fingerprint density at radius 2 is 1.69 bits per heavy atom. The summed E-state index contributed by atoms with van der Waals surface area (Å²) in [7, 11) is -1.43. The fraction of sp³-hybridized carbons (Fsp3) is 0.400. The molecule has 1 atom stereocenters. The van der Waals surface area contributed by atoms with Gasteiger partial charge in [0.1, 0.15) is 5.76 Å². The van der Waals surface area contributed by atoms with Gasteiger partial charge in [-0.2, -0.15) is 0 Å². The lowest BCUT2D eigenvalue weighted by atomic mass is 10.0. The summed E-state index contributed by atoms with van der Waals surface area (Å²) >= 11 is 0. The summed E-state index contributed by atoms with van der Waals surface area (Å²) in [6, 6.07) is 15.4. The SMILES string of the molecule is COCC1CCCN1CCc1nc(-c2ccc(-c3ccc(S(C)(=O)=O)cc3)cc2)oc1C. The predicted octanol–water partition coefficient (Wildman–Crippen LogP) is 4.37. The Kier molecular flexibility index (Phi) is 6.79. The van der Waals surface area contributed by atoms with Crippen LogP contribution in [0.3, 0.4) is 0 Å². The minimum Gasteiger partial charge on any atom is -0.441 e. The van der Waals surface area contributed by atoms with Crippen molar-refractivity contribution < 1.29 is 17.6 Å². The van der Waals surface area contributed by atoms with E-state index in [2.05, 4.69) is 4.90 Å². The largest absolute Gasteiger partial charge is 0.441 e. The maximum atomic E-state index is 11.7. The van der Waals surface area contributed by atoms with Crippen molar-refractivity contribution >= 4 is 9.84 Å². The van der Waals surface area contributed by atoms with Crippen molar-refractivity contribution in [3.8, 4) is 22.6 Å². The second kappa shape index (κ2) is 9.57. The van der Waals surface area contributed by atoms with E-state index in [9.17, 15) is 8.42 Å². The number of sulfone groups is 1. The van der Waals surface area contributed by atoms with Crippen molar-refractivity contribution in [1.29, 1.82) is 0 Å². The summed E-state index contributed by atoms with van der Waals surface area (Å²) in [6.07, 6.45) is 4.49. The molecular formula is C25H30N2O4S. The molecule has 0 spiro atoms. The van der Waals surface area contributed by atoms with Crippen molar-refractivity contribution in [2.45, 2.75) is 37.1 Å². The smallest absolute Gasteiger partial charge is 0.226 e. The average Bonchev–Trinajstić information content (AvgIpc) is 3.38. The van der Waals surface area contributed by atoms with Gasteiger partial charge in [-0.15, -0.1) is 0 Å². The van der Waals surface area contributed by atoms with Crippen LogP contribution in [0.5, 0.6) is 0 Å². The molecule has 2 aromatic carbocycles. The molecule has 0 aliphatic carbocycles. The van der Waals surface area contributed by atoms with Gasteiger partial charge in [-0.3, -0.25) is 4.90 Å². The molecule has 1 aromatic heterocycles. The highest BCUT2D eigenvalue weighted by Gasteiger charge is 2.24. The molecule has 0 bridgehead atoms. The molecule has 1 unspecified atom stereocenters. The first-order valence-corrected chi connectivity index (χ1v) is 12.8. The van der Waals surface area contributed by atoms with Crippen LogP contribution in [0.2, 0.25) is 0 Å². The minimum absolute atomic E-state index is 0.322. The van der Waals surface area contributed by atoms with Crippen molar-refractivity contribution in [2.75, 3.05) is 33.1 Å². The number of hydrogen-bond donors (Lipinski definition) is 0. The maximum Gasteiger partial charge on any atom is 0.226 e. The fourth-order valence-electron chi connectivity index (χ4n) is 4.30. The number of benzene rings is 2. The van der Waals surface area contributed by atoms with E-state index < -0.39 is 9.84 Å². The van der Waals surface area contributed by atoms with E-state index in [0.717, 1.165) is 54.3 Å². The Balaban J connectivity index is 1.44. The zero-order chi connectivity index (χ0) is 22.7. The van der Waals surface area contributed by atoms with E-state index in [1.807, 2.05) is 43.3 Å². The molecule has 32 heavy (non-hydrogen) atoms. The highest BCUT2D eigenvalue weighted by molar-refractivity contribution is 7.90. The van der Waals surface area contributed by atoms with Crippen LogP contribution in [0.1, 0.15) is 24.3 Å². The first kappa shape index (κ1) is 22.7. The molecule has 0 amide bonds. The van der Waals surface area contributed by atoms with E-state index in [0.29, 0.717) is 16.8 Å². The number of methoxy groups -OCH3 is 1. The molecule has 1 saturated heterocycles. The van der Waals surface area contributed by atoms with Crippen LogP contribution < -0.4 is 0 Å². The van der Waals surface area contributed by atoms with E-state index >= 15 is 0 Å². The summed E-state index contributed by atoms with van der Waals surface area (Å²) in [5, 5.41) is 0. The Labute approximate surface area is 190 Å². The number of oxazole rings is 1. The lowest BCUT2D eigenvalue weighted by Crippen LogP contribution is -2.34. The molecule has 1 aliphatic heterocycles. The summed E-state index contributed by atoms with van der Waals surface area (Å²) in [5.74, 6) is 1.49. The first-order valence-electron chi connectivity index (χ1n) is 11.0. The highest BCUT2D eigenvalue weighted by atomic mass is 32.2. The zero-order valence-corrected chi connectivity index (χ0v) is 19.7. The van der Waals surface area contributed by atoms with Crippen LogP contribution in [-0.4, -0.2) is 57.4 Å². The normalized spacial score (nSPS) is 17.2. The van der Waals surface area contributed by atoms with Gasteiger partial charge < -0.3 is 9.15 Å². The third kappa shape index (κ3) is 5.11. The number of likely N-dealkylation sites (tertiary alicyclic amines) is 1. The van der Waals surface area contributed by atoms with Crippen LogP contribution >= 0.6 is 0 Å². The second-order valence-corrected chi connectivity index (χ2v) is 10.4. The average molecular weight is 455 g/mol. The molecule has 2 heterocycles. The summed E-state index contributed by atoms with van der Waals surface area (Å²) in [4.78, 5) is 7.57. The molecule has 3 aromatic rings. The molecular weight excluding hydrogens is 424 g/mol. The van der Waals surface area contributed by atoms with Crippen molar-refractivity contribution in [1.82, 2.24) is 9.88 Å². The number of ether oxygens (including phenoxy) is 1. The van der Waals surface area contributed by atoms with Gasteiger partial charge in [-0.1, -0.05) is 24.3 Å². The fourth-order valence-corrected chi connectivity index (χ4v) is 4.93. The molecule has 6 nitrogen and oxygen atoms in total. The molecule has 0 radical (unpaired) electrons. The standard InChI is InChI=1S/C25H30N2O4S/c1-18-24(14-16-27-15-4-5-22(27)17-30-2)26-25(31-18)21-8-6-19(7-9-21)20-10-12-23(13-11-20)32(3,28)29/h6-13,22H,4-5,14-17H2,1-3H3. The lowest BCUT2D eigenvalue weighted by Gasteiger charge is -2.23. The van der Waals surface area contributed by atoms with Gasteiger partial charge >= 0.3 is 0 Å². The molecule has 0 N–H and O–H groups in total. The quantitative estimate of drug-likeness (QED) is 0.503. The zero-order valence-electron chi connectivity index (χ0n) is 18.9. The molecule has 170 valence electrons. The van der Waals surface area contributed by atoms with Gasteiger partial charge in [0.25, 0.3) is 0 Å². The third-order valence-corrected chi connectivity index (χ3v) is 7.26. The number of nitrogens with zero attached hydrogens (tertiary/aromatic N) is 2. The van der Waals surface area contributed by atoms with Crippen LogP contribution in [0.4, 0.5) is 0 Å². The van der Waals surface area contributed by atoms with E-state index in [-0.39, 0.29) is 0 Å².